The lowest BCUT2D eigenvalue weighted by molar-refractivity contribution is -0.133. The zero-order valence-corrected chi connectivity index (χ0v) is 13.6. The van der Waals surface area contributed by atoms with E-state index in [1.165, 1.54) is 30.5 Å². The number of aryl methyl sites for hydroxylation is 1. The molecular weight excluding hydrogens is 336 g/mol. The predicted octanol–water partition coefficient (Wildman–Crippen LogP) is 4.07. The SMILES string of the molecule is O=C(CCc1cc(F)ccc1Cl)[C@]1(F)CC[C@H](O)c2ncccc21. The van der Waals surface area contributed by atoms with E-state index in [2.05, 4.69) is 4.98 Å². The summed E-state index contributed by atoms with van der Waals surface area (Å²) in [6, 6.07) is 6.92. The van der Waals surface area contributed by atoms with E-state index in [9.17, 15) is 14.3 Å². The van der Waals surface area contributed by atoms with Gasteiger partial charge >= 0.3 is 0 Å². The molecule has 0 fully saturated rings. The molecule has 0 unspecified atom stereocenters. The van der Waals surface area contributed by atoms with E-state index in [0.29, 0.717) is 10.6 Å². The molecule has 1 aliphatic carbocycles. The van der Waals surface area contributed by atoms with E-state index in [-0.39, 0.29) is 36.9 Å². The van der Waals surface area contributed by atoms with Crippen molar-refractivity contribution in [2.75, 3.05) is 0 Å². The van der Waals surface area contributed by atoms with Crippen molar-refractivity contribution >= 4 is 17.4 Å². The minimum absolute atomic E-state index is 0.0947. The summed E-state index contributed by atoms with van der Waals surface area (Å²) in [5.41, 5.74) is -1.37. The molecule has 126 valence electrons. The van der Waals surface area contributed by atoms with Crippen molar-refractivity contribution in [2.24, 2.45) is 0 Å². The predicted molar refractivity (Wildman–Crippen MR) is 86.0 cm³/mol. The molecule has 1 aliphatic rings. The monoisotopic (exact) mass is 351 g/mol. The van der Waals surface area contributed by atoms with Gasteiger partial charge in [0.25, 0.3) is 0 Å². The lowest BCUT2D eigenvalue weighted by Crippen LogP contribution is -2.36. The van der Waals surface area contributed by atoms with Crippen molar-refractivity contribution in [1.29, 1.82) is 0 Å². The summed E-state index contributed by atoms with van der Waals surface area (Å²) in [7, 11) is 0. The maximum absolute atomic E-state index is 15.4. The third kappa shape index (κ3) is 3.06. The number of rotatable bonds is 4. The number of carbonyl (C=O) groups is 1. The Labute approximate surface area is 143 Å². The van der Waals surface area contributed by atoms with E-state index in [1.807, 2.05) is 0 Å². The second-order valence-electron chi connectivity index (χ2n) is 5.95. The van der Waals surface area contributed by atoms with Crippen molar-refractivity contribution in [1.82, 2.24) is 4.98 Å². The van der Waals surface area contributed by atoms with Gasteiger partial charge in [0.2, 0.25) is 0 Å². The van der Waals surface area contributed by atoms with Gasteiger partial charge in [-0.15, -0.1) is 0 Å². The molecule has 1 aromatic carbocycles. The number of alkyl halides is 1. The second kappa shape index (κ2) is 6.57. The highest BCUT2D eigenvalue weighted by Gasteiger charge is 2.45. The standard InChI is InChI=1S/C18H16ClF2NO2/c19-14-5-4-12(20)10-11(14)3-6-16(24)18(21)8-7-15(23)17-13(18)2-1-9-22-17/h1-2,4-5,9-10,15,23H,3,6-8H2/t15-,18-/m0/s1. The van der Waals surface area contributed by atoms with Crippen LogP contribution in [-0.4, -0.2) is 15.9 Å². The van der Waals surface area contributed by atoms with Crippen molar-refractivity contribution in [3.63, 3.8) is 0 Å². The van der Waals surface area contributed by atoms with Crippen LogP contribution in [0.4, 0.5) is 8.78 Å². The Morgan fingerprint density at radius 3 is 3.00 bits per heavy atom. The molecule has 1 heterocycles. The largest absolute Gasteiger partial charge is 0.387 e. The van der Waals surface area contributed by atoms with Crippen molar-refractivity contribution in [3.05, 3.63) is 64.2 Å². The first kappa shape index (κ1) is 17.0. The lowest BCUT2D eigenvalue weighted by atomic mass is 9.77. The Kier molecular flexibility index (Phi) is 4.65. The number of hydrogen-bond acceptors (Lipinski definition) is 3. The zero-order valence-electron chi connectivity index (χ0n) is 12.8. The van der Waals surface area contributed by atoms with Crippen LogP contribution in [0.25, 0.3) is 0 Å². The molecule has 1 N–H and O–H groups in total. The number of carbonyl (C=O) groups excluding carboxylic acids is 1. The summed E-state index contributed by atoms with van der Waals surface area (Å²) in [6.07, 6.45) is 0.680. The summed E-state index contributed by atoms with van der Waals surface area (Å²) in [4.78, 5) is 16.5. The summed E-state index contributed by atoms with van der Waals surface area (Å²) >= 11 is 5.99. The number of hydrogen-bond donors (Lipinski definition) is 1. The molecular formula is C18H16ClF2NO2. The highest BCUT2D eigenvalue weighted by molar-refractivity contribution is 6.31. The number of benzene rings is 1. The first-order chi connectivity index (χ1) is 11.4. The average Bonchev–Trinajstić information content (AvgIpc) is 2.59. The Balaban J connectivity index is 1.82. The van der Waals surface area contributed by atoms with Gasteiger partial charge in [0.15, 0.2) is 11.5 Å². The molecule has 0 bridgehead atoms. The zero-order chi connectivity index (χ0) is 17.3. The van der Waals surface area contributed by atoms with Gasteiger partial charge in [0, 0.05) is 23.2 Å². The maximum Gasteiger partial charge on any atom is 0.195 e. The molecule has 24 heavy (non-hydrogen) atoms. The van der Waals surface area contributed by atoms with Crippen molar-refractivity contribution in [3.8, 4) is 0 Å². The average molecular weight is 352 g/mol. The second-order valence-corrected chi connectivity index (χ2v) is 6.36. The van der Waals surface area contributed by atoms with E-state index in [1.54, 1.807) is 6.07 Å². The number of fused-ring (bicyclic) bond motifs is 1. The number of pyridine rings is 1. The van der Waals surface area contributed by atoms with E-state index < -0.39 is 23.4 Å². The third-order valence-corrected chi connectivity index (χ3v) is 4.78. The summed E-state index contributed by atoms with van der Waals surface area (Å²) in [5, 5.41) is 10.3. The fourth-order valence-corrected chi connectivity index (χ4v) is 3.31. The van der Waals surface area contributed by atoms with Crippen LogP contribution < -0.4 is 0 Å². The molecule has 6 heteroatoms. The minimum atomic E-state index is -2.18. The molecule has 3 rings (SSSR count). The van der Waals surface area contributed by atoms with Gasteiger partial charge in [0.05, 0.1) is 11.8 Å². The molecule has 0 saturated heterocycles. The minimum Gasteiger partial charge on any atom is -0.387 e. The van der Waals surface area contributed by atoms with Crippen LogP contribution in [0, 0.1) is 5.82 Å². The quantitative estimate of drug-likeness (QED) is 0.903. The van der Waals surface area contributed by atoms with Gasteiger partial charge in [-0.3, -0.25) is 9.78 Å². The number of ketones is 1. The van der Waals surface area contributed by atoms with Crippen LogP contribution in [0.5, 0.6) is 0 Å². The van der Waals surface area contributed by atoms with E-state index >= 15 is 4.39 Å². The summed E-state index contributed by atoms with van der Waals surface area (Å²) in [5.74, 6) is -1.06. The van der Waals surface area contributed by atoms with Crippen LogP contribution >= 0.6 is 11.6 Å². The third-order valence-electron chi connectivity index (χ3n) is 4.41. The van der Waals surface area contributed by atoms with Gasteiger partial charge < -0.3 is 5.11 Å². The molecule has 1 aromatic heterocycles. The Morgan fingerprint density at radius 1 is 1.42 bits per heavy atom. The number of aromatic nitrogens is 1. The molecule has 0 radical (unpaired) electrons. The Bertz CT molecular complexity index is 783. The summed E-state index contributed by atoms with van der Waals surface area (Å²) in [6.45, 7) is 0. The first-order valence-corrected chi connectivity index (χ1v) is 8.09. The fraction of sp³-hybridized carbons (Fsp3) is 0.333. The molecule has 0 amide bonds. The van der Waals surface area contributed by atoms with Crippen LogP contribution in [0.2, 0.25) is 5.02 Å². The summed E-state index contributed by atoms with van der Waals surface area (Å²) < 4.78 is 28.7. The highest BCUT2D eigenvalue weighted by atomic mass is 35.5. The van der Waals surface area contributed by atoms with Gasteiger partial charge in [0.1, 0.15) is 5.82 Å². The molecule has 3 nitrogen and oxygen atoms in total. The van der Waals surface area contributed by atoms with E-state index in [0.717, 1.165) is 0 Å². The highest BCUT2D eigenvalue weighted by Crippen LogP contribution is 2.43. The number of Topliss-reactive ketones (excluding diaryl/α,β-unsaturated/α-hetero) is 1. The number of halogens is 3. The van der Waals surface area contributed by atoms with Gasteiger partial charge in [-0.2, -0.15) is 0 Å². The first-order valence-electron chi connectivity index (χ1n) is 7.71. The number of nitrogens with zero attached hydrogens (tertiary/aromatic N) is 1. The topological polar surface area (TPSA) is 50.2 Å². The number of aliphatic hydroxyl groups excluding tert-OH is 1. The van der Waals surface area contributed by atoms with Gasteiger partial charge in [-0.25, -0.2) is 8.78 Å². The fourth-order valence-electron chi connectivity index (χ4n) is 3.10. The lowest BCUT2D eigenvalue weighted by Gasteiger charge is -2.32. The van der Waals surface area contributed by atoms with Crippen molar-refractivity contribution in [2.45, 2.75) is 37.5 Å². The van der Waals surface area contributed by atoms with Crippen LogP contribution in [0.15, 0.2) is 36.5 Å². The maximum atomic E-state index is 15.4. The van der Waals surface area contributed by atoms with Gasteiger partial charge in [-0.1, -0.05) is 17.7 Å². The molecule has 0 spiro atoms. The normalized spacial score (nSPS) is 22.9. The number of aliphatic hydroxyl groups is 1. The van der Waals surface area contributed by atoms with E-state index in [4.69, 9.17) is 11.6 Å². The van der Waals surface area contributed by atoms with Crippen molar-refractivity contribution < 1.29 is 18.7 Å². The van der Waals surface area contributed by atoms with Crippen LogP contribution in [0.1, 0.15) is 42.2 Å². The molecule has 0 aliphatic heterocycles. The molecule has 2 aromatic rings. The van der Waals surface area contributed by atoms with Gasteiger partial charge in [-0.05, 0) is 49.1 Å². The van der Waals surface area contributed by atoms with Crippen LogP contribution in [-0.2, 0) is 16.9 Å². The Hall–Kier alpha value is -1.85. The van der Waals surface area contributed by atoms with Crippen LogP contribution in [0.3, 0.4) is 0 Å². The smallest absolute Gasteiger partial charge is 0.195 e. The Morgan fingerprint density at radius 2 is 2.21 bits per heavy atom. The molecule has 0 saturated carbocycles. The molecule has 2 atom stereocenters.